The van der Waals surface area contributed by atoms with Gasteiger partial charge in [0.15, 0.2) is 0 Å². The van der Waals surface area contributed by atoms with Crippen molar-refractivity contribution in [2.45, 2.75) is 51.1 Å². The number of benzene rings is 1. The topological polar surface area (TPSA) is 101 Å². The molecule has 2 aliphatic rings. The highest BCUT2D eigenvalue weighted by molar-refractivity contribution is 6.04. The number of rotatable bonds is 5. The monoisotopic (exact) mass is 382 g/mol. The molecule has 28 heavy (non-hydrogen) atoms. The van der Waals surface area contributed by atoms with E-state index in [1.807, 2.05) is 18.2 Å². The van der Waals surface area contributed by atoms with Crippen LogP contribution >= 0.6 is 0 Å². The summed E-state index contributed by atoms with van der Waals surface area (Å²) in [5, 5.41) is 8.58. The van der Waals surface area contributed by atoms with E-state index in [1.54, 1.807) is 10.7 Å². The van der Waals surface area contributed by atoms with Crippen LogP contribution in [-0.2, 0) is 20.9 Å². The van der Waals surface area contributed by atoms with E-state index in [4.69, 9.17) is 0 Å². The predicted octanol–water partition coefficient (Wildman–Crippen LogP) is 1.28. The molecule has 146 valence electrons. The van der Waals surface area contributed by atoms with Gasteiger partial charge in [-0.1, -0.05) is 31.0 Å². The summed E-state index contributed by atoms with van der Waals surface area (Å²) >= 11 is 0. The molecule has 0 atom stereocenters. The Morgan fingerprint density at radius 3 is 2.36 bits per heavy atom. The first-order valence-corrected chi connectivity index (χ1v) is 9.65. The zero-order valence-electron chi connectivity index (χ0n) is 15.5. The highest BCUT2D eigenvalue weighted by Crippen LogP contribution is 2.28. The van der Waals surface area contributed by atoms with E-state index < -0.39 is 5.91 Å². The largest absolute Gasteiger partial charge is 0.349 e. The maximum Gasteiger partial charge on any atom is 0.274 e. The van der Waals surface area contributed by atoms with Gasteiger partial charge in [0.1, 0.15) is 6.54 Å². The first kappa shape index (κ1) is 18.3. The maximum atomic E-state index is 12.8. The van der Waals surface area contributed by atoms with E-state index in [-0.39, 0.29) is 49.3 Å². The minimum atomic E-state index is -0.423. The minimum Gasteiger partial charge on any atom is -0.349 e. The summed E-state index contributed by atoms with van der Waals surface area (Å²) in [6.07, 6.45) is 4.33. The molecule has 8 heteroatoms. The highest BCUT2D eigenvalue weighted by Gasteiger charge is 2.30. The predicted molar refractivity (Wildman–Crippen MR) is 101 cm³/mol. The Morgan fingerprint density at radius 1 is 1.04 bits per heavy atom. The summed E-state index contributed by atoms with van der Waals surface area (Å²) < 4.78 is 1.56. The van der Waals surface area contributed by atoms with E-state index in [0.29, 0.717) is 16.5 Å². The summed E-state index contributed by atoms with van der Waals surface area (Å²) in [6.45, 7) is -0.152. The van der Waals surface area contributed by atoms with Crippen LogP contribution in [0.4, 0.5) is 0 Å². The Morgan fingerprint density at radius 2 is 1.68 bits per heavy atom. The van der Waals surface area contributed by atoms with Crippen molar-refractivity contribution >= 4 is 28.5 Å². The van der Waals surface area contributed by atoms with Gasteiger partial charge in [-0.3, -0.25) is 24.1 Å². The number of hydrogen-bond donors (Lipinski definition) is 1. The first-order valence-electron chi connectivity index (χ1n) is 9.65. The average molecular weight is 382 g/mol. The summed E-state index contributed by atoms with van der Waals surface area (Å²) in [6, 6.07) is 7.33. The van der Waals surface area contributed by atoms with Gasteiger partial charge >= 0.3 is 0 Å². The Balaban J connectivity index is 1.57. The lowest BCUT2D eigenvalue weighted by atomic mass is 10.1. The molecule has 0 bridgehead atoms. The van der Waals surface area contributed by atoms with Gasteiger partial charge in [-0.25, -0.2) is 4.68 Å². The van der Waals surface area contributed by atoms with E-state index in [9.17, 15) is 19.2 Å². The number of nitrogens with zero attached hydrogens (tertiary/aromatic N) is 3. The van der Waals surface area contributed by atoms with Crippen molar-refractivity contribution in [1.29, 1.82) is 0 Å². The molecule has 0 radical (unpaired) electrons. The molecule has 1 aliphatic heterocycles. The molecular weight excluding hydrogens is 360 g/mol. The van der Waals surface area contributed by atoms with Crippen LogP contribution in [-0.4, -0.2) is 38.9 Å². The number of aromatic nitrogens is 2. The van der Waals surface area contributed by atoms with Crippen LogP contribution in [0, 0.1) is 0 Å². The third-order valence-electron chi connectivity index (χ3n) is 5.49. The average Bonchev–Trinajstić information content (AvgIpc) is 3.34. The molecule has 2 fully saturated rings. The van der Waals surface area contributed by atoms with Gasteiger partial charge in [0.25, 0.3) is 5.56 Å². The van der Waals surface area contributed by atoms with Gasteiger partial charge < -0.3 is 5.32 Å². The number of imide groups is 1. The fraction of sp³-hybridized carbons (Fsp3) is 0.450. The first-order chi connectivity index (χ1) is 13.5. The summed E-state index contributed by atoms with van der Waals surface area (Å²) in [4.78, 5) is 49.4. The van der Waals surface area contributed by atoms with Crippen LogP contribution in [0.5, 0.6) is 0 Å². The lowest BCUT2D eigenvalue weighted by molar-refractivity contribution is -0.142. The second-order valence-electron chi connectivity index (χ2n) is 7.33. The van der Waals surface area contributed by atoms with Gasteiger partial charge in [-0.2, -0.15) is 5.10 Å². The molecule has 1 aliphatic carbocycles. The fourth-order valence-electron chi connectivity index (χ4n) is 3.98. The van der Waals surface area contributed by atoms with Gasteiger partial charge in [0, 0.05) is 18.2 Å². The molecule has 0 spiro atoms. The third kappa shape index (κ3) is 3.42. The number of hydrogen-bond acceptors (Lipinski definition) is 5. The number of amides is 3. The van der Waals surface area contributed by atoms with Crippen molar-refractivity contribution in [3.8, 4) is 0 Å². The smallest absolute Gasteiger partial charge is 0.274 e. The van der Waals surface area contributed by atoms with Crippen LogP contribution in [0.1, 0.15) is 50.3 Å². The van der Waals surface area contributed by atoms with Gasteiger partial charge in [-0.15, -0.1) is 0 Å². The molecule has 1 aromatic carbocycles. The molecule has 3 amide bonds. The van der Waals surface area contributed by atoms with Crippen LogP contribution in [0.25, 0.3) is 10.8 Å². The Hall–Kier alpha value is -3.03. The Bertz CT molecular complexity index is 991. The number of carbonyl (C=O) groups is 3. The van der Waals surface area contributed by atoms with E-state index >= 15 is 0 Å². The maximum absolute atomic E-state index is 12.8. The van der Waals surface area contributed by atoms with Crippen LogP contribution in [0.2, 0.25) is 0 Å². The quantitative estimate of drug-likeness (QED) is 0.785. The number of fused-ring (bicyclic) bond motifs is 1. The molecule has 1 N–H and O–H groups in total. The molecule has 0 unspecified atom stereocenters. The second-order valence-corrected chi connectivity index (χ2v) is 7.33. The summed E-state index contributed by atoms with van der Waals surface area (Å²) in [7, 11) is 0. The molecule has 1 saturated carbocycles. The standard InChI is InChI=1S/C20H22N4O4/c25-17(12-23-18(26)9-10-19(23)27)21-11-16-14-7-3-4-8-15(14)20(28)24(22-16)13-5-1-2-6-13/h3-4,7-8,13H,1-2,5-6,9-12H2,(H,21,25). The SMILES string of the molecule is O=C(CN1C(=O)CCC1=O)NCc1nn(C2CCCC2)c(=O)c2ccccc12. The molecular formula is C20H22N4O4. The zero-order valence-corrected chi connectivity index (χ0v) is 15.5. The Labute approximate surface area is 161 Å². The van der Waals surface area contributed by atoms with Crippen molar-refractivity contribution in [3.05, 3.63) is 40.3 Å². The molecule has 4 rings (SSSR count). The molecule has 1 saturated heterocycles. The van der Waals surface area contributed by atoms with Crippen molar-refractivity contribution in [2.75, 3.05) is 6.54 Å². The number of nitrogens with one attached hydrogen (secondary N) is 1. The second kappa shape index (κ2) is 7.53. The van der Waals surface area contributed by atoms with Crippen molar-refractivity contribution in [3.63, 3.8) is 0 Å². The lowest BCUT2D eigenvalue weighted by Gasteiger charge is -2.17. The number of carbonyl (C=O) groups excluding carboxylic acids is 3. The van der Waals surface area contributed by atoms with E-state index in [2.05, 4.69) is 10.4 Å². The molecule has 1 aromatic heterocycles. The van der Waals surface area contributed by atoms with E-state index in [1.165, 1.54) is 0 Å². The molecule has 8 nitrogen and oxygen atoms in total. The lowest BCUT2D eigenvalue weighted by Crippen LogP contribution is -2.40. The molecule has 2 heterocycles. The van der Waals surface area contributed by atoms with Crippen molar-refractivity contribution in [1.82, 2.24) is 20.0 Å². The summed E-state index contributed by atoms with van der Waals surface area (Å²) in [5.74, 6) is -1.06. The fourth-order valence-corrected chi connectivity index (χ4v) is 3.98. The minimum absolute atomic E-state index is 0.0893. The van der Waals surface area contributed by atoms with Crippen molar-refractivity contribution in [2.24, 2.45) is 0 Å². The van der Waals surface area contributed by atoms with Gasteiger partial charge in [-0.05, 0) is 18.9 Å². The summed E-state index contributed by atoms with van der Waals surface area (Å²) in [5.41, 5.74) is 0.500. The zero-order chi connectivity index (χ0) is 19.7. The van der Waals surface area contributed by atoms with Crippen molar-refractivity contribution < 1.29 is 14.4 Å². The van der Waals surface area contributed by atoms with Gasteiger partial charge in [0.05, 0.1) is 23.7 Å². The van der Waals surface area contributed by atoms with Gasteiger partial charge in [0.2, 0.25) is 17.7 Å². The Kier molecular flexibility index (Phi) is 4.93. The number of likely N-dealkylation sites (tertiary alicyclic amines) is 1. The normalized spacial score (nSPS) is 17.6. The third-order valence-corrected chi connectivity index (χ3v) is 5.49. The van der Waals surface area contributed by atoms with E-state index in [0.717, 1.165) is 30.6 Å². The molecule has 2 aromatic rings. The van der Waals surface area contributed by atoms with Crippen LogP contribution in [0.15, 0.2) is 29.1 Å². The van der Waals surface area contributed by atoms with Crippen LogP contribution in [0.3, 0.4) is 0 Å². The van der Waals surface area contributed by atoms with Crippen LogP contribution < -0.4 is 10.9 Å². The highest BCUT2D eigenvalue weighted by atomic mass is 16.2.